The van der Waals surface area contributed by atoms with Crippen LogP contribution in [0.15, 0.2) is 39.4 Å². The van der Waals surface area contributed by atoms with Crippen LogP contribution in [0.3, 0.4) is 0 Å². The summed E-state index contributed by atoms with van der Waals surface area (Å²) in [6.45, 7) is 0. The summed E-state index contributed by atoms with van der Waals surface area (Å²) in [5, 5.41) is 10.7. The van der Waals surface area contributed by atoms with E-state index in [1.54, 1.807) is 37.4 Å². The first-order chi connectivity index (χ1) is 8.60. The highest BCUT2D eigenvalue weighted by Crippen LogP contribution is 2.29. The van der Waals surface area contributed by atoms with Crippen molar-refractivity contribution in [2.75, 3.05) is 7.11 Å². The van der Waals surface area contributed by atoms with Gasteiger partial charge in [0.1, 0.15) is 17.6 Å². The Morgan fingerprint density at radius 3 is 2.78 bits per heavy atom. The molecule has 0 aliphatic heterocycles. The number of benzene rings is 1. The molecule has 1 N–H and O–H groups in total. The molecule has 0 bridgehead atoms. The zero-order valence-electron chi connectivity index (χ0n) is 9.69. The van der Waals surface area contributed by atoms with E-state index in [4.69, 9.17) is 20.8 Å². The second kappa shape index (κ2) is 5.78. The fraction of sp³-hybridized carbons (Fsp3) is 0.231. The van der Waals surface area contributed by atoms with Crippen molar-refractivity contribution < 1.29 is 14.3 Å². The number of aliphatic hydroxyl groups excluding tert-OH is 1. The highest BCUT2D eigenvalue weighted by Gasteiger charge is 2.15. The van der Waals surface area contributed by atoms with Crippen molar-refractivity contribution in [1.29, 1.82) is 0 Å². The molecule has 0 spiro atoms. The topological polar surface area (TPSA) is 42.6 Å². The maximum atomic E-state index is 10.1. The Kier molecular flexibility index (Phi) is 4.32. The summed E-state index contributed by atoms with van der Waals surface area (Å²) in [6.07, 6.45) is -0.354. The summed E-state index contributed by atoms with van der Waals surface area (Å²) < 4.78 is 11.1. The molecule has 1 unspecified atom stereocenters. The summed E-state index contributed by atoms with van der Waals surface area (Å²) in [5.74, 6) is 1.20. The molecule has 0 aliphatic carbocycles. The lowest BCUT2D eigenvalue weighted by atomic mass is 10.1. The number of halogens is 2. The molecule has 18 heavy (non-hydrogen) atoms. The molecule has 3 nitrogen and oxygen atoms in total. The van der Waals surface area contributed by atoms with Crippen LogP contribution in [0.2, 0.25) is 5.02 Å². The van der Waals surface area contributed by atoms with Crippen LogP contribution in [0.1, 0.15) is 17.4 Å². The lowest BCUT2D eigenvalue weighted by Crippen LogP contribution is -2.02. The molecular formula is C13H12BrClO3. The zero-order chi connectivity index (χ0) is 13.1. The van der Waals surface area contributed by atoms with Gasteiger partial charge in [-0.3, -0.25) is 0 Å². The van der Waals surface area contributed by atoms with Crippen molar-refractivity contribution >= 4 is 27.5 Å². The van der Waals surface area contributed by atoms with Gasteiger partial charge in [-0.25, -0.2) is 0 Å². The predicted octanol–water partition coefficient (Wildman–Crippen LogP) is 3.98. The van der Waals surface area contributed by atoms with E-state index < -0.39 is 6.10 Å². The zero-order valence-corrected chi connectivity index (χ0v) is 12.0. The predicted molar refractivity (Wildman–Crippen MR) is 73.1 cm³/mol. The smallest absolute Gasteiger partial charge is 0.169 e. The van der Waals surface area contributed by atoms with Gasteiger partial charge in [0, 0.05) is 11.4 Å². The van der Waals surface area contributed by atoms with Crippen LogP contribution in [0, 0.1) is 0 Å². The lowest BCUT2D eigenvalue weighted by Gasteiger charge is -2.12. The van der Waals surface area contributed by atoms with Crippen molar-refractivity contribution in [2.45, 2.75) is 12.5 Å². The van der Waals surface area contributed by atoms with Gasteiger partial charge in [-0.15, -0.1) is 0 Å². The Bertz CT molecular complexity index is 539. The van der Waals surface area contributed by atoms with Gasteiger partial charge in [0.15, 0.2) is 4.67 Å². The van der Waals surface area contributed by atoms with Crippen molar-refractivity contribution in [3.05, 3.63) is 51.3 Å². The number of furan rings is 1. The van der Waals surface area contributed by atoms with Crippen LogP contribution in [0.25, 0.3) is 0 Å². The minimum Gasteiger partial charge on any atom is -0.496 e. The third-order valence-electron chi connectivity index (χ3n) is 2.58. The first-order valence-electron chi connectivity index (χ1n) is 5.36. The normalized spacial score (nSPS) is 12.4. The molecule has 0 aliphatic rings. The van der Waals surface area contributed by atoms with Crippen LogP contribution >= 0.6 is 27.5 Å². The van der Waals surface area contributed by atoms with E-state index in [0.29, 0.717) is 27.6 Å². The van der Waals surface area contributed by atoms with E-state index in [-0.39, 0.29) is 0 Å². The van der Waals surface area contributed by atoms with E-state index in [9.17, 15) is 5.11 Å². The molecule has 0 amide bonds. The molecule has 0 radical (unpaired) electrons. The van der Waals surface area contributed by atoms with E-state index in [1.807, 2.05) is 0 Å². The van der Waals surface area contributed by atoms with Crippen molar-refractivity contribution in [1.82, 2.24) is 0 Å². The highest BCUT2D eigenvalue weighted by molar-refractivity contribution is 9.10. The van der Waals surface area contributed by atoms with E-state index in [1.165, 1.54) is 0 Å². The SMILES string of the molecule is COc1ccc(Cl)cc1CC(O)c1ccc(Br)o1. The monoisotopic (exact) mass is 330 g/mol. The number of rotatable bonds is 4. The number of aliphatic hydroxyl groups is 1. The number of hydrogen-bond acceptors (Lipinski definition) is 3. The quantitative estimate of drug-likeness (QED) is 0.921. The van der Waals surface area contributed by atoms with Gasteiger partial charge in [0.2, 0.25) is 0 Å². The first-order valence-corrected chi connectivity index (χ1v) is 6.53. The fourth-order valence-corrected chi connectivity index (χ4v) is 2.24. The number of hydrogen-bond donors (Lipinski definition) is 1. The molecule has 1 aromatic carbocycles. The molecule has 1 atom stereocenters. The number of ether oxygens (including phenoxy) is 1. The Morgan fingerprint density at radius 1 is 1.39 bits per heavy atom. The van der Waals surface area contributed by atoms with Gasteiger partial charge >= 0.3 is 0 Å². The van der Waals surface area contributed by atoms with Gasteiger partial charge in [0.05, 0.1) is 7.11 Å². The Labute approximate surface area is 118 Å². The maximum Gasteiger partial charge on any atom is 0.169 e. The largest absolute Gasteiger partial charge is 0.496 e. The maximum absolute atomic E-state index is 10.1. The van der Waals surface area contributed by atoms with Crippen LogP contribution < -0.4 is 4.74 Å². The van der Waals surface area contributed by atoms with Crippen molar-refractivity contribution in [2.24, 2.45) is 0 Å². The van der Waals surface area contributed by atoms with Gasteiger partial charge in [-0.2, -0.15) is 0 Å². The third kappa shape index (κ3) is 3.07. The summed E-state index contributed by atoms with van der Waals surface area (Å²) in [6, 6.07) is 8.78. The average Bonchev–Trinajstić information content (AvgIpc) is 2.76. The number of methoxy groups -OCH3 is 1. The molecule has 96 valence electrons. The average molecular weight is 332 g/mol. The molecule has 2 rings (SSSR count). The minimum atomic E-state index is -0.733. The molecule has 2 aromatic rings. The van der Waals surface area contributed by atoms with Crippen LogP contribution in [0.4, 0.5) is 0 Å². The van der Waals surface area contributed by atoms with Crippen LogP contribution in [0.5, 0.6) is 5.75 Å². The minimum absolute atomic E-state index is 0.379. The fourth-order valence-electron chi connectivity index (χ4n) is 1.72. The lowest BCUT2D eigenvalue weighted by molar-refractivity contribution is 0.148. The van der Waals surface area contributed by atoms with Crippen LogP contribution in [-0.4, -0.2) is 12.2 Å². The summed E-state index contributed by atoms with van der Waals surface area (Å²) in [4.78, 5) is 0. The van der Waals surface area contributed by atoms with E-state index >= 15 is 0 Å². The summed E-state index contributed by atoms with van der Waals surface area (Å²) >= 11 is 9.14. The van der Waals surface area contributed by atoms with Crippen molar-refractivity contribution in [3.63, 3.8) is 0 Å². The Morgan fingerprint density at radius 2 is 2.17 bits per heavy atom. The third-order valence-corrected chi connectivity index (χ3v) is 3.24. The molecule has 5 heteroatoms. The first kappa shape index (κ1) is 13.5. The molecular weight excluding hydrogens is 319 g/mol. The van der Waals surface area contributed by atoms with E-state index in [0.717, 1.165) is 5.56 Å². The summed E-state index contributed by atoms with van der Waals surface area (Å²) in [5.41, 5.74) is 0.838. The molecule has 0 fully saturated rings. The standard InChI is InChI=1S/C13H12BrClO3/c1-17-11-3-2-9(15)6-8(11)7-10(16)12-4-5-13(14)18-12/h2-6,10,16H,7H2,1H3. The molecule has 0 saturated heterocycles. The van der Waals surface area contributed by atoms with E-state index in [2.05, 4.69) is 15.9 Å². The van der Waals surface area contributed by atoms with Gasteiger partial charge in [0.25, 0.3) is 0 Å². The molecule has 1 heterocycles. The second-order valence-electron chi connectivity index (χ2n) is 3.82. The van der Waals surface area contributed by atoms with Crippen LogP contribution in [-0.2, 0) is 6.42 Å². The highest BCUT2D eigenvalue weighted by atomic mass is 79.9. The summed E-state index contributed by atoms with van der Waals surface area (Å²) in [7, 11) is 1.59. The molecule has 0 saturated carbocycles. The Balaban J connectivity index is 2.20. The Hall–Kier alpha value is -0.970. The molecule has 1 aromatic heterocycles. The van der Waals surface area contributed by atoms with Gasteiger partial charge in [-0.05, 0) is 51.8 Å². The van der Waals surface area contributed by atoms with Crippen molar-refractivity contribution in [3.8, 4) is 5.75 Å². The van der Waals surface area contributed by atoms with Gasteiger partial charge in [-0.1, -0.05) is 11.6 Å². The second-order valence-corrected chi connectivity index (χ2v) is 5.04. The van der Waals surface area contributed by atoms with Gasteiger partial charge < -0.3 is 14.3 Å².